The summed E-state index contributed by atoms with van der Waals surface area (Å²) in [5.74, 6) is 5.35. The van der Waals surface area contributed by atoms with Gasteiger partial charge in [0.1, 0.15) is 4.90 Å². The van der Waals surface area contributed by atoms with Gasteiger partial charge in [-0.15, -0.1) is 0 Å². The Labute approximate surface area is 102 Å². The molecule has 0 radical (unpaired) electrons. The van der Waals surface area contributed by atoms with Crippen LogP contribution < -0.4 is 11.3 Å². The molecular formula is C11H17N3O2S. The molecule has 2 rings (SSSR count). The molecule has 3 N–H and O–H groups in total. The molecule has 0 unspecified atom stereocenters. The second-order valence-electron chi connectivity index (χ2n) is 4.08. The summed E-state index contributed by atoms with van der Waals surface area (Å²) < 4.78 is 26.5. The third-order valence-corrected chi connectivity index (χ3v) is 4.98. The largest absolute Gasteiger partial charge is 0.323 e. The van der Waals surface area contributed by atoms with Gasteiger partial charge in [-0.1, -0.05) is 19.1 Å². The first-order valence-corrected chi connectivity index (χ1v) is 7.12. The van der Waals surface area contributed by atoms with Gasteiger partial charge in [0.05, 0.1) is 5.69 Å². The second-order valence-corrected chi connectivity index (χ2v) is 5.94. The van der Waals surface area contributed by atoms with Gasteiger partial charge in [-0.2, -0.15) is 4.31 Å². The molecule has 0 spiro atoms. The Morgan fingerprint density at radius 3 is 2.59 bits per heavy atom. The lowest BCUT2D eigenvalue weighted by Gasteiger charge is -2.21. The van der Waals surface area contributed by atoms with E-state index >= 15 is 0 Å². The maximum atomic E-state index is 12.5. The van der Waals surface area contributed by atoms with Gasteiger partial charge in [0, 0.05) is 12.6 Å². The van der Waals surface area contributed by atoms with Crippen molar-refractivity contribution in [2.75, 3.05) is 12.0 Å². The van der Waals surface area contributed by atoms with Crippen LogP contribution in [0.2, 0.25) is 0 Å². The highest BCUT2D eigenvalue weighted by molar-refractivity contribution is 7.89. The number of nitrogen functional groups attached to an aromatic ring is 1. The predicted octanol–water partition coefficient (Wildman–Crippen LogP) is 1.15. The molecule has 1 saturated carbocycles. The van der Waals surface area contributed by atoms with Crippen molar-refractivity contribution in [2.24, 2.45) is 5.84 Å². The number of hydrazine groups is 1. The summed E-state index contributed by atoms with van der Waals surface area (Å²) in [5.41, 5.74) is 2.87. The minimum Gasteiger partial charge on any atom is -0.323 e. The average Bonchev–Trinajstić information content (AvgIpc) is 3.14. The Balaban J connectivity index is 2.42. The fourth-order valence-electron chi connectivity index (χ4n) is 1.92. The van der Waals surface area contributed by atoms with Crippen LogP contribution in [0.15, 0.2) is 29.2 Å². The van der Waals surface area contributed by atoms with Crippen molar-refractivity contribution in [3.05, 3.63) is 24.3 Å². The van der Waals surface area contributed by atoms with E-state index in [-0.39, 0.29) is 10.9 Å². The van der Waals surface area contributed by atoms with E-state index in [9.17, 15) is 8.42 Å². The number of rotatable bonds is 5. The molecule has 94 valence electrons. The van der Waals surface area contributed by atoms with E-state index in [1.165, 1.54) is 0 Å². The molecule has 1 aromatic rings. The summed E-state index contributed by atoms with van der Waals surface area (Å²) in [5, 5.41) is 0. The third-order valence-electron chi connectivity index (χ3n) is 2.90. The molecule has 1 aromatic carbocycles. The van der Waals surface area contributed by atoms with Crippen LogP contribution in [-0.4, -0.2) is 25.3 Å². The van der Waals surface area contributed by atoms with Crippen molar-refractivity contribution >= 4 is 15.7 Å². The van der Waals surface area contributed by atoms with Crippen molar-refractivity contribution in [1.29, 1.82) is 0 Å². The number of nitrogens with one attached hydrogen (secondary N) is 1. The molecule has 0 saturated heterocycles. The monoisotopic (exact) mass is 255 g/mol. The average molecular weight is 255 g/mol. The van der Waals surface area contributed by atoms with Crippen molar-refractivity contribution in [3.8, 4) is 0 Å². The molecule has 0 aliphatic heterocycles. The molecule has 0 aromatic heterocycles. The first-order chi connectivity index (χ1) is 8.11. The lowest BCUT2D eigenvalue weighted by atomic mass is 10.3. The van der Waals surface area contributed by atoms with Gasteiger partial charge in [-0.25, -0.2) is 8.42 Å². The minimum absolute atomic E-state index is 0.163. The van der Waals surface area contributed by atoms with Crippen LogP contribution in [0.3, 0.4) is 0 Å². The van der Waals surface area contributed by atoms with Crippen LogP contribution in [0.4, 0.5) is 5.69 Å². The van der Waals surface area contributed by atoms with Crippen molar-refractivity contribution in [3.63, 3.8) is 0 Å². The maximum absolute atomic E-state index is 12.5. The zero-order valence-corrected chi connectivity index (χ0v) is 10.6. The van der Waals surface area contributed by atoms with Gasteiger partial charge in [0.2, 0.25) is 10.0 Å². The number of para-hydroxylation sites is 1. The van der Waals surface area contributed by atoms with Crippen LogP contribution in [-0.2, 0) is 10.0 Å². The number of benzene rings is 1. The fourth-order valence-corrected chi connectivity index (χ4v) is 3.78. The van der Waals surface area contributed by atoms with Crippen molar-refractivity contribution in [1.82, 2.24) is 4.31 Å². The number of anilines is 1. The summed E-state index contributed by atoms with van der Waals surface area (Å²) in [7, 11) is -3.44. The predicted molar refractivity (Wildman–Crippen MR) is 66.8 cm³/mol. The quantitative estimate of drug-likeness (QED) is 0.611. The molecule has 1 aliphatic rings. The molecule has 0 atom stereocenters. The zero-order valence-electron chi connectivity index (χ0n) is 9.76. The Hall–Kier alpha value is -1.11. The van der Waals surface area contributed by atoms with Crippen LogP contribution in [0.5, 0.6) is 0 Å². The van der Waals surface area contributed by atoms with Crippen LogP contribution in [0, 0.1) is 0 Å². The number of nitrogens with two attached hydrogens (primary N) is 1. The van der Waals surface area contributed by atoms with E-state index in [1.54, 1.807) is 28.6 Å². The summed E-state index contributed by atoms with van der Waals surface area (Å²) in [6, 6.07) is 6.86. The normalized spacial score (nSPS) is 16.2. The number of nitrogens with zero attached hydrogens (tertiary/aromatic N) is 1. The van der Waals surface area contributed by atoms with Crippen LogP contribution >= 0.6 is 0 Å². The van der Waals surface area contributed by atoms with Crippen LogP contribution in [0.1, 0.15) is 19.8 Å². The fraction of sp³-hybridized carbons (Fsp3) is 0.455. The highest BCUT2D eigenvalue weighted by Gasteiger charge is 2.37. The van der Waals surface area contributed by atoms with Gasteiger partial charge in [0.25, 0.3) is 0 Å². The van der Waals surface area contributed by atoms with E-state index in [2.05, 4.69) is 5.43 Å². The number of sulfonamides is 1. The van der Waals surface area contributed by atoms with Crippen LogP contribution in [0.25, 0.3) is 0 Å². The van der Waals surface area contributed by atoms with Crippen molar-refractivity contribution < 1.29 is 8.42 Å². The Morgan fingerprint density at radius 2 is 2.06 bits per heavy atom. The first-order valence-electron chi connectivity index (χ1n) is 5.68. The summed E-state index contributed by atoms with van der Waals surface area (Å²) in [6.07, 6.45) is 1.90. The standard InChI is InChI=1S/C11H17N3O2S/c1-2-14(9-7-8-9)17(15,16)11-6-4-3-5-10(11)13-12/h3-6,9,13H,2,7-8,12H2,1H3. The summed E-state index contributed by atoms with van der Waals surface area (Å²) in [6.45, 7) is 2.35. The van der Waals surface area contributed by atoms with E-state index in [0.717, 1.165) is 12.8 Å². The lowest BCUT2D eigenvalue weighted by Crippen LogP contribution is -2.33. The molecule has 0 bridgehead atoms. The number of hydrogen-bond acceptors (Lipinski definition) is 4. The topological polar surface area (TPSA) is 75.4 Å². The molecule has 6 heteroatoms. The van der Waals surface area contributed by atoms with E-state index in [1.807, 2.05) is 6.92 Å². The Bertz CT molecular complexity index is 497. The van der Waals surface area contributed by atoms with Gasteiger partial charge in [-0.3, -0.25) is 5.84 Å². The Kier molecular flexibility index (Phi) is 3.37. The number of hydrogen-bond donors (Lipinski definition) is 2. The second kappa shape index (κ2) is 4.64. The van der Waals surface area contributed by atoms with E-state index in [0.29, 0.717) is 12.2 Å². The van der Waals surface area contributed by atoms with Crippen molar-refractivity contribution in [2.45, 2.75) is 30.7 Å². The first kappa shape index (κ1) is 12.3. The van der Waals surface area contributed by atoms with Gasteiger partial charge < -0.3 is 5.43 Å². The zero-order chi connectivity index (χ0) is 12.5. The smallest absolute Gasteiger partial charge is 0.245 e. The molecule has 0 heterocycles. The minimum atomic E-state index is -3.44. The van der Waals surface area contributed by atoms with E-state index in [4.69, 9.17) is 5.84 Å². The summed E-state index contributed by atoms with van der Waals surface area (Å²) >= 11 is 0. The SMILES string of the molecule is CCN(C1CC1)S(=O)(=O)c1ccccc1NN. The lowest BCUT2D eigenvalue weighted by molar-refractivity contribution is 0.421. The highest BCUT2D eigenvalue weighted by Crippen LogP contribution is 2.33. The molecule has 5 nitrogen and oxygen atoms in total. The molecule has 17 heavy (non-hydrogen) atoms. The molecule has 1 aliphatic carbocycles. The third kappa shape index (κ3) is 2.29. The van der Waals surface area contributed by atoms with E-state index < -0.39 is 10.0 Å². The Morgan fingerprint density at radius 1 is 1.41 bits per heavy atom. The van der Waals surface area contributed by atoms with Gasteiger partial charge in [-0.05, 0) is 25.0 Å². The van der Waals surface area contributed by atoms with Gasteiger partial charge in [0.15, 0.2) is 0 Å². The molecular weight excluding hydrogens is 238 g/mol. The molecule has 1 fully saturated rings. The highest BCUT2D eigenvalue weighted by atomic mass is 32.2. The summed E-state index contributed by atoms with van der Waals surface area (Å²) in [4.78, 5) is 0.247. The molecule has 0 amide bonds. The maximum Gasteiger partial charge on any atom is 0.245 e. The van der Waals surface area contributed by atoms with Gasteiger partial charge >= 0.3 is 0 Å².